The van der Waals surface area contributed by atoms with Gasteiger partial charge in [0.15, 0.2) is 0 Å². The zero-order valence-corrected chi connectivity index (χ0v) is 18.5. The molecule has 2 heterocycles. The SMILES string of the molecule is CS(=O)(=O)C1=NSC2=NC(=O)/C(=C\c3ccc(OCc4ccccc4Cl)cc3)C(=N)N21. The molecule has 8 nitrogen and oxygen atoms in total. The first kappa shape index (κ1) is 21.3. The third kappa shape index (κ3) is 4.41. The number of halogens is 1. The maximum absolute atomic E-state index is 12.4. The Kier molecular flexibility index (Phi) is 5.69. The average molecular weight is 475 g/mol. The Labute approximate surface area is 187 Å². The van der Waals surface area contributed by atoms with Gasteiger partial charge in [-0.05, 0) is 29.8 Å². The van der Waals surface area contributed by atoms with E-state index in [1.54, 1.807) is 30.3 Å². The van der Waals surface area contributed by atoms with Gasteiger partial charge in [-0.3, -0.25) is 10.2 Å². The van der Waals surface area contributed by atoms with Crippen LogP contribution in [0.4, 0.5) is 0 Å². The number of benzene rings is 2. The van der Waals surface area contributed by atoms with Crippen LogP contribution >= 0.6 is 23.5 Å². The molecular weight excluding hydrogens is 460 g/mol. The fraction of sp³-hybridized carbons (Fsp3) is 0.100. The van der Waals surface area contributed by atoms with Gasteiger partial charge < -0.3 is 4.74 Å². The van der Waals surface area contributed by atoms with Crippen LogP contribution in [-0.2, 0) is 21.2 Å². The Hall–Kier alpha value is -2.95. The molecule has 0 saturated carbocycles. The lowest BCUT2D eigenvalue weighted by Crippen LogP contribution is -2.45. The van der Waals surface area contributed by atoms with Crippen LogP contribution in [0, 0.1) is 5.41 Å². The van der Waals surface area contributed by atoms with Gasteiger partial charge in [0, 0.05) is 16.8 Å². The third-order valence-corrected chi connectivity index (χ3v) is 6.49. The smallest absolute Gasteiger partial charge is 0.283 e. The van der Waals surface area contributed by atoms with Crippen molar-refractivity contribution in [3.63, 3.8) is 0 Å². The summed E-state index contributed by atoms with van der Waals surface area (Å²) >= 11 is 6.88. The van der Waals surface area contributed by atoms with E-state index in [1.165, 1.54) is 6.08 Å². The molecule has 2 aromatic carbocycles. The van der Waals surface area contributed by atoms with Crippen molar-refractivity contribution in [3.8, 4) is 5.75 Å². The van der Waals surface area contributed by atoms with E-state index in [1.807, 2.05) is 18.2 Å². The van der Waals surface area contributed by atoms with Gasteiger partial charge in [0.05, 0.1) is 17.5 Å². The van der Waals surface area contributed by atoms with E-state index < -0.39 is 15.7 Å². The van der Waals surface area contributed by atoms with Crippen molar-refractivity contribution in [2.75, 3.05) is 6.26 Å². The van der Waals surface area contributed by atoms with Crippen molar-refractivity contribution in [1.29, 1.82) is 5.41 Å². The number of aliphatic imine (C=N–C) groups is 1. The molecule has 0 unspecified atom stereocenters. The first-order valence-corrected chi connectivity index (χ1v) is 11.9. The van der Waals surface area contributed by atoms with Gasteiger partial charge in [0.25, 0.3) is 5.91 Å². The van der Waals surface area contributed by atoms with Crippen molar-refractivity contribution in [3.05, 3.63) is 70.3 Å². The Bertz CT molecular complexity index is 1280. The van der Waals surface area contributed by atoms with E-state index in [9.17, 15) is 13.2 Å². The Balaban J connectivity index is 1.53. The quantitative estimate of drug-likeness (QED) is 0.535. The van der Waals surface area contributed by atoms with Crippen LogP contribution in [-0.4, -0.2) is 41.7 Å². The number of fused-ring (bicyclic) bond motifs is 1. The number of amides is 1. The highest BCUT2D eigenvalue weighted by atomic mass is 35.5. The van der Waals surface area contributed by atoms with Crippen LogP contribution in [0.5, 0.6) is 5.75 Å². The molecule has 31 heavy (non-hydrogen) atoms. The van der Waals surface area contributed by atoms with Crippen molar-refractivity contribution in [1.82, 2.24) is 4.90 Å². The summed E-state index contributed by atoms with van der Waals surface area (Å²) in [6.45, 7) is 0.307. The Morgan fingerprint density at radius 2 is 1.90 bits per heavy atom. The summed E-state index contributed by atoms with van der Waals surface area (Å²) in [6.07, 6.45) is 2.47. The molecule has 0 spiro atoms. The van der Waals surface area contributed by atoms with E-state index in [-0.39, 0.29) is 21.7 Å². The molecule has 11 heteroatoms. The molecule has 0 bridgehead atoms. The minimum Gasteiger partial charge on any atom is -0.489 e. The minimum atomic E-state index is -3.69. The minimum absolute atomic E-state index is 0.0349. The Morgan fingerprint density at radius 1 is 1.19 bits per heavy atom. The van der Waals surface area contributed by atoms with E-state index in [2.05, 4.69) is 9.39 Å². The monoisotopic (exact) mass is 474 g/mol. The summed E-state index contributed by atoms with van der Waals surface area (Å²) in [5.41, 5.74) is 1.45. The molecule has 2 aliphatic rings. The normalized spacial score (nSPS) is 17.5. The molecule has 0 atom stereocenters. The van der Waals surface area contributed by atoms with Crippen LogP contribution in [0.15, 0.2) is 63.5 Å². The van der Waals surface area contributed by atoms with Crippen molar-refractivity contribution >= 4 is 61.5 Å². The van der Waals surface area contributed by atoms with Gasteiger partial charge in [0.1, 0.15) is 18.2 Å². The number of hydrogen-bond acceptors (Lipinski definition) is 7. The summed E-state index contributed by atoms with van der Waals surface area (Å²) in [4.78, 5) is 17.3. The van der Waals surface area contributed by atoms with E-state index in [0.717, 1.165) is 28.7 Å². The molecule has 0 aromatic heterocycles. The predicted molar refractivity (Wildman–Crippen MR) is 122 cm³/mol. The summed E-state index contributed by atoms with van der Waals surface area (Å²) in [5.74, 6) is -0.314. The highest BCUT2D eigenvalue weighted by molar-refractivity contribution is 8.16. The number of ether oxygens (including phenoxy) is 1. The predicted octanol–water partition coefficient (Wildman–Crippen LogP) is 3.54. The van der Waals surface area contributed by atoms with E-state index in [0.29, 0.717) is 22.9 Å². The van der Waals surface area contributed by atoms with Gasteiger partial charge in [-0.1, -0.05) is 41.9 Å². The summed E-state index contributed by atoms with van der Waals surface area (Å²) < 4.78 is 33.5. The lowest BCUT2D eigenvalue weighted by molar-refractivity contribution is -0.114. The topological polar surface area (TPSA) is 112 Å². The molecule has 1 N–H and O–H groups in total. The molecule has 158 valence electrons. The molecule has 0 saturated heterocycles. The molecule has 2 aliphatic heterocycles. The van der Waals surface area contributed by atoms with Gasteiger partial charge in [-0.25, -0.2) is 13.3 Å². The van der Waals surface area contributed by atoms with Gasteiger partial charge in [-0.15, -0.1) is 0 Å². The third-order valence-electron chi connectivity index (χ3n) is 4.37. The molecular formula is C20H15ClN4O4S2. The van der Waals surface area contributed by atoms with Crippen LogP contribution in [0.1, 0.15) is 11.1 Å². The standard InChI is InChI=1S/C20H15ClN4O4S2/c1-31(27,28)20-24-30-19-23-18(26)15(17(22)25(19)20)10-12-6-8-14(9-7-12)29-11-13-4-2-3-5-16(13)21/h2-10,22H,11H2,1H3/b15-10-,22-17?. The van der Waals surface area contributed by atoms with Crippen molar-refractivity contribution in [2.45, 2.75) is 6.61 Å². The first-order chi connectivity index (χ1) is 14.7. The van der Waals surface area contributed by atoms with Crippen LogP contribution in [0.3, 0.4) is 0 Å². The average Bonchev–Trinajstić information content (AvgIpc) is 3.16. The van der Waals surface area contributed by atoms with Crippen LogP contribution in [0.25, 0.3) is 6.08 Å². The number of sulfone groups is 1. The first-order valence-electron chi connectivity index (χ1n) is 8.89. The molecule has 0 aliphatic carbocycles. The van der Waals surface area contributed by atoms with Crippen molar-refractivity contribution < 1.29 is 17.9 Å². The number of hydrogen-bond donors (Lipinski definition) is 1. The number of rotatable bonds is 4. The molecule has 1 amide bonds. The largest absolute Gasteiger partial charge is 0.489 e. The van der Waals surface area contributed by atoms with Crippen LogP contribution in [0.2, 0.25) is 5.02 Å². The summed E-state index contributed by atoms with van der Waals surface area (Å²) in [7, 11) is -3.69. The van der Waals surface area contributed by atoms with E-state index in [4.69, 9.17) is 21.7 Å². The number of nitrogens with one attached hydrogen (secondary N) is 1. The summed E-state index contributed by atoms with van der Waals surface area (Å²) in [6, 6.07) is 14.3. The number of carbonyl (C=O) groups excluding carboxylic acids is 1. The highest BCUT2D eigenvalue weighted by Gasteiger charge is 2.41. The molecule has 0 fully saturated rings. The lowest BCUT2D eigenvalue weighted by atomic mass is 10.1. The number of nitrogens with zero attached hydrogens (tertiary/aromatic N) is 3. The van der Waals surface area contributed by atoms with Crippen molar-refractivity contribution in [2.24, 2.45) is 9.39 Å². The second-order valence-corrected chi connectivity index (χ2v) is 9.67. The highest BCUT2D eigenvalue weighted by Crippen LogP contribution is 2.30. The second-order valence-electron chi connectivity index (χ2n) is 6.63. The fourth-order valence-electron chi connectivity index (χ4n) is 2.84. The molecule has 0 radical (unpaired) electrons. The lowest BCUT2D eigenvalue weighted by Gasteiger charge is -2.23. The maximum atomic E-state index is 12.4. The van der Waals surface area contributed by atoms with E-state index >= 15 is 0 Å². The van der Waals surface area contributed by atoms with Gasteiger partial charge >= 0.3 is 0 Å². The fourth-order valence-corrected chi connectivity index (χ4v) is 4.88. The second kappa shape index (κ2) is 8.29. The number of carbonyl (C=O) groups is 1. The zero-order chi connectivity index (χ0) is 22.2. The maximum Gasteiger partial charge on any atom is 0.283 e. The Morgan fingerprint density at radius 3 is 2.58 bits per heavy atom. The summed E-state index contributed by atoms with van der Waals surface area (Å²) in [5, 5.41) is 8.70. The molecule has 2 aromatic rings. The van der Waals surface area contributed by atoms with Gasteiger partial charge in [-0.2, -0.15) is 9.39 Å². The molecule has 4 rings (SSSR count). The van der Waals surface area contributed by atoms with Gasteiger partial charge in [0.2, 0.25) is 20.2 Å². The number of amidine groups is 3. The zero-order valence-electron chi connectivity index (χ0n) is 16.1. The van der Waals surface area contributed by atoms with Crippen LogP contribution < -0.4 is 4.74 Å².